The number of hydrazone groups is 1. The summed E-state index contributed by atoms with van der Waals surface area (Å²) < 4.78 is 11.0. The molecule has 0 unspecified atom stereocenters. The lowest BCUT2D eigenvalue weighted by atomic mass is 10.2. The second kappa shape index (κ2) is 9.70. The molecule has 0 radical (unpaired) electrons. The Morgan fingerprint density at radius 2 is 1.55 bits per heavy atom. The maximum Gasteiger partial charge on any atom is 0.341 e. The Labute approximate surface area is 167 Å². The number of para-hydroxylation sites is 3. The zero-order chi connectivity index (χ0) is 20.5. The summed E-state index contributed by atoms with van der Waals surface area (Å²) >= 11 is 0. The molecule has 0 aliphatic carbocycles. The van der Waals surface area contributed by atoms with Crippen molar-refractivity contribution in [2.75, 3.05) is 6.61 Å². The second-order valence-corrected chi connectivity index (χ2v) is 5.83. The summed E-state index contributed by atoms with van der Waals surface area (Å²) in [6.45, 7) is -0.471. The van der Waals surface area contributed by atoms with Crippen molar-refractivity contribution in [3.63, 3.8) is 0 Å². The zero-order valence-electron chi connectivity index (χ0n) is 15.3. The predicted molar refractivity (Wildman–Crippen MR) is 108 cm³/mol. The summed E-state index contributed by atoms with van der Waals surface area (Å²) in [7, 11) is 0. The first kappa shape index (κ1) is 19.6. The molecule has 0 aliphatic heterocycles. The number of hydrogen-bond donors (Lipinski definition) is 2. The van der Waals surface area contributed by atoms with Gasteiger partial charge in [0.15, 0.2) is 6.61 Å². The third kappa shape index (κ3) is 5.67. The summed E-state index contributed by atoms with van der Waals surface area (Å²) in [5, 5.41) is 12.7. The van der Waals surface area contributed by atoms with E-state index in [0.29, 0.717) is 28.4 Å². The van der Waals surface area contributed by atoms with Crippen LogP contribution in [0, 0.1) is 0 Å². The molecule has 0 bridgehead atoms. The molecule has 146 valence electrons. The van der Waals surface area contributed by atoms with E-state index in [1.807, 2.05) is 18.2 Å². The van der Waals surface area contributed by atoms with Crippen molar-refractivity contribution in [2.45, 2.75) is 0 Å². The minimum absolute atomic E-state index is 0.323. The Morgan fingerprint density at radius 1 is 0.897 bits per heavy atom. The standard InChI is InChI=1S/C22H18N2O5/c25-21(26)15-28-19-12-6-4-8-16(19)14-23-24-22(27)18-11-5-7-13-20(18)29-17-9-2-1-3-10-17/h1-14H,15H2,(H,24,27)(H,25,26)/b23-14+. The third-order valence-electron chi connectivity index (χ3n) is 3.74. The Bertz CT molecular complexity index is 1020. The van der Waals surface area contributed by atoms with Crippen molar-refractivity contribution in [2.24, 2.45) is 5.10 Å². The number of nitrogens with zero attached hydrogens (tertiary/aromatic N) is 1. The van der Waals surface area contributed by atoms with Gasteiger partial charge in [-0.15, -0.1) is 0 Å². The number of nitrogens with one attached hydrogen (secondary N) is 1. The molecule has 3 rings (SSSR count). The SMILES string of the molecule is O=C(O)COc1ccccc1/C=N/NC(=O)c1ccccc1Oc1ccccc1. The highest BCUT2D eigenvalue weighted by molar-refractivity contribution is 5.97. The fourth-order valence-electron chi connectivity index (χ4n) is 2.44. The van der Waals surface area contributed by atoms with Crippen molar-refractivity contribution in [3.05, 3.63) is 90.0 Å². The van der Waals surface area contributed by atoms with Crippen LogP contribution in [0.5, 0.6) is 17.2 Å². The van der Waals surface area contributed by atoms with E-state index < -0.39 is 18.5 Å². The zero-order valence-corrected chi connectivity index (χ0v) is 15.3. The summed E-state index contributed by atoms with van der Waals surface area (Å²) in [6, 6.07) is 22.7. The first-order chi connectivity index (χ1) is 14.1. The van der Waals surface area contributed by atoms with Crippen LogP contribution in [0.4, 0.5) is 0 Å². The lowest BCUT2D eigenvalue weighted by molar-refractivity contribution is -0.139. The van der Waals surface area contributed by atoms with Gasteiger partial charge in [0, 0.05) is 5.56 Å². The molecule has 0 atom stereocenters. The van der Waals surface area contributed by atoms with E-state index in [2.05, 4.69) is 10.5 Å². The van der Waals surface area contributed by atoms with Crippen molar-refractivity contribution in [3.8, 4) is 17.2 Å². The van der Waals surface area contributed by atoms with Crippen molar-refractivity contribution in [1.29, 1.82) is 0 Å². The van der Waals surface area contributed by atoms with Gasteiger partial charge in [0.05, 0.1) is 11.8 Å². The number of carboxylic acid groups (broad SMARTS) is 1. The van der Waals surface area contributed by atoms with E-state index in [9.17, 15) is 9.59 Å². The van der Waals surface area contributed by atoms with Crippen LogP contribution in [0.1, 0.15) is 15.9 Å². The van der Waals surface area contributed by atoms with Crippen LogP contribution in [0.25, 0.3) is 0 Å². The van der Waals surface area contributed by atoms with Gasteiger partial charge in [0.2, 0.25) is 0 Å². The highest BCUT2D eigenvalue weighted by atomic mass is 16.5. The first-order valence-electron chi connectivity index (χ1n) is 8.72. The number of ether oxygens (including phenoxy) is 2. The van der Waals surface area contributed by atoms with Crippen molar-refractivity contribution < 1.29 is 24.2 Å². The highest BCUT2D eigenvalue weighted by Crippen LogP contribution is 2.25. The molecular weight excluding hydrogens is 372 g/mol. The largest absolute Gasteiger partial charge is 0.481 e. The van der Waals surface area contributed by atoms with E-state index in [1.165, 1.54) is 6.21 Å². The topological polar surface area (TPSA) is 97.2 Å². The van der Waals surface area contributed by atoms with E-state index in [0.717, 1.165) is 0 Å². The van der Waals surface area contributed by atoms with Crippen molar-refractivity contribution in [1.82, 2.24) is 5.43 Å². The normalized spacial score (nSPS) is 10.5. The number of carbonyl (C=O) groups excluding carboxylic acids is 1. The Hall–Kier alpha value is -4.13. The maximum atomic E-state index is 12.5. The van der Waals surface area contributed by atoms with Gasteiger partial charge in [-0.1, -0.05) is 42.5 Å². The number of benzene rings is 3. The van der Waals surface area contributed by atoms with Crippen molar-refractivity contribution >= 4 is 18.1 Å². The van der Waals surface area contributed by atoms with E-state index in [4.69, 9.17) is 14.6 Å². The van der Waals surface area contributed by atoms with Crippen LogP contribution in [0.2, 0.25) is 0 Å². The number of hydrogen-bond acceptors (Lipinski definition) is 5. The molecule has 2 N–H and O–H groups in total. The van der Waals surface area contributed by atoms with Gasteiger partial charge in [-0.3, -0.25) is 4.79 Å². The van der Waals surface area contributed by atoms with Gasteiger partial charge < -0.3 is 14.6 Å². The number of carbonyl (C=O) groups is 2. The number of rotatable bonds is 8. The highest BCUT2D eigenvalue weighted by Gasteiger charge is 2.12. The molecule has 0 spiro atoms. The van der Waals surface area contributed by atoms with Crippen LogP contribution in [0.15, 0.2) is 84.0 Å². The maximum absolute atomic E-state index is 12.5. The molecule has 0 saturated carbocycles. The lowest BCUT2D eigenvalue weighted by Crippen LogP contribution is -2.18. The minimum atomic E-state index is -1.08. The van der Waals surface area contributed by atoms with Crippen LogP contribution in [0.3, 0.4) is 0 Å². The summed E-state index contributed by atoms with van der Waals surface area (Å²) in [6.07, 6.45) is 1.38. The predicted octanol–water partition coefficient (Wildman–Crippen LogP) is 3.71. The van der Waals surface area contributed by atoms with Gasteiger partial charge in [0.25, 0.3) is 5.91 Å². The quantitative estimate of drug-likeness (QED) is 0.451. The molecule has 7 heteroatoms. The molecule has 0 aliphatic rings. The van der Waals surface area contributed by atoms with Crippen LogP contribution in [-0.4, -0.2) is 29.8 Å². The molecule has 3 aromatic rings. The van der Waals surface area contributed by atoms with Crippen LogP contribution in [-0.2, 0) is 4.79 Å². The molecule has 0 aromatic heterocycles. The second-order valence-electron chi connectivity index (χ2n) is 5.83. The van der Waals surface area contributed by atoms with Gasteiger partial charge >= 0.3 is 5.97 Å². The molecule has 7 nitrogen and oxygen atoms in total. The average molecular weight is 390 g/mol. The Balaban J connectivity index is 1.70. The van der Waals surface area contributed by atoms with Gasteiger partial charge in [-0.25, -0.2) is 10.2 Å². The molecule has 29 heavy (non-hydrogen) atoms. The molecule has 0 saturated heterocycles. The smallest absolute Gasteiger partial charge is 0.341 e. The van der Waals surface area contributed by atoms with E-state index in [1.54, 1.807) is 60.7 Å². The van der Waals surface area contributed by atoms with Gasteiger partial charge in [0.1, 0.15) is 17.2 Å². The fraction of sp³-hybridized carbons (Fsp3) is 0.0455. The van der Waals surface area contributed by atoms with E-state index in [-0.39, 0.29) is 0 Å². The molecular formula is C22H18N2O5. The number of aliphatic carboxylic acids is 1. The monoisotopic (exact) mass is 390 g/mol. The van der Waals surface area contributed by atoms with Gasteiger partial charge in [-0.05, 0) is 36.4 Å². The fourth-order valence-corrected chi connectivity index (χ4v) is 2.44. The number of amides is 1. The third-order valence-corrected chi connectivity index (χ3v) is 3.74. The number of carboxylic acids is 1. The summed E-state index contributed by atoms with van der Waals surface area (Å²) in [5.41, 5.74) is 3.30. The molecule has 1 amide bonds. The van der Waals surface area contributed by atoms with Crippen LogP contribution < -0.4 is 14.9 Å². The molecule has 3 aromatic carbocycles. The lowest BCUT2D eigenvalue weighted by Gasteiger charge is -2.10. The Kier molecular flexibility index (Phi) is 6.57. The minimum Gasteiger partial charge on any atom is -0.481 e. The van der Waals surface area contributed by atoms with E-state index >= 15 is 0 Å². The summed E-state index contributed by atoms with van der Waals surface area (Å²) in [4.78, 5) is 23.2. The first-order valence-corrected chi connectivity index (χ1v) is 8.72. The average Bonchev–Trinajstić information content (AvgIpc) is 2.74. The van der Waals surface area contributed by atoms with Crippen LogP contribution >= 0.6 is 0 Å². The Morgan fingerprint density at radius 3 is 2.31 bits per heavy atom. The summed E-state index contributed by atoms with van der Waals surface area (Å²) in [5.74, 6) is -0.171. The van der Waals surface area contributed by atoms with Gasteiger partial charge in [-0.2, -0.15) is 5.10 Å². The molecule has 0 heterocycles. The molecule has 0 fully saturated rings.